The molecule has 0 atom stereocenters. The van der Waals surface area contributed by atoms with E-state index < -0.39 is 0 Å². The largest absolute Gasteiger partial charge is 0.381 e. The SMILES string of the molecule is NCC#Cc1ccnc(NC(=O)C2CCOCC2)c1. The summed E-state index contributed by atoms with van der Waals surface area (Å²) in [7, 11) is 0. The average molecular weight is 259 g/mol. The van der Waals surface area contributed by atoms with Crippen LogP contribution in [-0.4, -0.2) is 30.6 Å². The number of rotatable bonds is 2. The molecule has 3 N–H and O–H groups in total. The lowest BCUT2D eigenvalue weighted by atomic mass is 9.99. The molecule has 100 valence electrons. The van der Waals surface area contributed by atoms with E-state index in [1.54, 1.807) is 18.3 Å². The molecule has 19 heavy (non-hydrogen) atoms. The number of carbonyl (C=O) groups is 1. The van der Waals surface area contributed by atoms with Crippen LogP contribution in [0.25, 0.3) is 0 Å². The highest BCUT2D eigenvalue weighted by Crippen LogP contribution is 2.17. The summed E-state index contributed by atoms with van der Waals surface area (Å²) in [5.41, 5.74) is 6.12. The van der Waals surface area contributed by atoms with Gasteiger partial charge in [0, 0.05) is 30.9 Å². The maximum Gasteiger partial charge on any atom is 0.228 e. The molecule has 1 fully saturated rings. The molecule has 1 aliphatic rings. The Morgan fingerprint density at radius 1 is 1.53 bits per heavy atom. The number of nitrogens with one attached hydrogen (secondary N) is 1. The van der Waals surface area contributed by atoms with E-state index in [1.165, 1.54) is 0 Å². The van der Waals surface area contributed by atoms with Crippen molar-refractivity contribution < 1.29 is 9.53 Å². The van der Waals surface area contributed by atoms with Crippen molar-refractivity contribution in [2.24, 2.45) is 11.7 Å². The van der Waals surface area contributed by atoms with Gasteiger partial charge in [0.05, 0.1) is 6.54 Å². The lowest BCUT2D eigenvalue weighted by Gasteiger charge is -2.20. The Bertz CT molecular complexity index is 499. The van der Waals surface area contributed by atoms with E-state index in [2.05, 4.69) is 22.1 Å². The van der Waals surface area contributed by atoms with E-state index in [4.69, 9.17) is 10.5 Å². The zero-order valence-electron chi connectivity index (χ0n) is 10.7. The molecule has 5 heteroatoms. The van der Waals surface area contributed by atoms with Crippen LogP contribution < -0.4 is 11.1 Å². The fourth-order valence-corrected chi connectivity index (χ4v) is 1.92. The van der Waals surface area contributed by atoms with Gasteiger partial charge < -0.3 is 15.8 Å². The third kappa shape index (κ3) is 4.05. The summed E-state index contributed by atoms with van der Waals surface area (Å²) in [4.78, 5) is 16.2. The van der Waals surface area contributed by atoms with Gasteiger partial charge in [-0.05, 0) is 25.0 Å². The first kappa shape index (κ1) is 13.5. The molecule has 0 spiro atoms. The molecule has 2 rings (SSSR count). The van der Waals surface area contributed by atoms with E-state index in [0.717, 1.165) is 18.4 Å². The van der Waals surface area contributed by atoms with Gasteiger partial charge in [0.2, 0.25) is 5.91 Å². The number of hydrogen-bond acceptors (Lipinski definition) is 4. The van der Waals surface area contributed by atoms with Gasteiger partial charge in [-0.3, -0.25) is 4.79 Å². The zero-order chi connectivity index (χ0) is 13.5. The lowest BCUT2D eigenvalue weighted by Crippen LogP contribution is -2.28. The Kier molecular flexibility index (Phi) is 4.90. The number of nitrogens with zero attached hydrogens (tertiary/aromatic N) is 1. The van der Waals surface area contributed by atoms with Gasteiger partial charge in [0.1, 0.15) is 5.82 Å². The molecule has 1 aromatic rings. The van der Waals surface area contributed by atoms with Gasteiger partial charge in [-0.15, -0.1) is 0 Å². The molecule has 0 radical (unpaired) electrons. The minimum Gasteiger partial charge on any atom is -0.381 e. The molecule has 0 aromatic carbocycles. The van der Waals surface area contributed by atoms with Crippen LogP contribution in [-0.2, 0) is 9.53 Å². The van der Waals surface area contributed by atoms with Crippen LogP contribution in [0.3, 0.4) is 0 Å². The summed E-state index contributed by atoms with van der Waals surface area (Å²) in [5.74, 6) is 6.22. The molecule has 1 aliphatic heterocycles. The standard InChI is InChI=1S/C14H17N3O2/c15-6-1-2-11-3-7-16-13(10-11)17-14(18)12-4-8-19-9-5-12/h3,7,10,12H,4-6,8-9,15H2,(H,16,17,18). The minimum atomic E-state index is -0.000246. The summed E-state index contributed by atoms with van der Waals surface area (Å²) in [6.07, 6.45) is 3.15. The summed E-state index contributed by atoms with van der Waals surface area (Å²) >= 11 is 0. The first-order valence-corrected chi connectivity index (χ1v) is 6.33. The molecule has 0 bridgehead atoms. The number of carbonyl (C=O) groups excluding carboxylic acids is 1. The molecule has 2 heterocycles. The van der Waals surface area contributed by atoms with Gasteiger partial charge in [-0.25, -0.2) is 4.98 Å². The molecule has 0 saturated carbocycles. The Morgan fingerprint density at radius 3 is 3.05 bits per heavy atom. The van der Waals surface area contributed by atoms with Crippen molar-refractivity contribution in [1.82, 2.24) is 4.98 Å². The van der Waals surface area contributed by atoms with Crippen molar-refractivity contribution >= 4 is 11.7 Å². The minimum absolute atomic E-state index is 0.000246. The molecular formula is C14H17N3O2. The first-order valence-electron chi connectivity index (χ1n) is 6.33. The quantitative estimate of drug-likeness (QED) is 0.769. The molecule has 1 aromatic heterocycles. The van der Waals surface area contributed by atoms with Gasteiger partial charge in [0.25, 0.3) is 0 Å². The van der Waals surface area contributed by atoms with Crippen molar-refractivity contribution in [3.05, 3.63) is 23.9 Å². The summed E-state index contributed by atoms with van der Waals surface area (Å²) in [6, 6.07) is 3.53. The normalized spacial score (nSPS) is 15.4. The fraction of sp³-hybridized carbons (Fsp3) is 0.429. The molecule has 5 nitrogen and oxygen atoms in total. The van der Waals surface area contributed by atoms with Crippen molar-refractivity contribution in [2.75, 3.05) is 25.1 Å². The Balaban J connectivity index is 1.99. The number of hydrogen-bond donors (Lipinski definition) is 2. The van der Waals surface area contributed by atoms with Crippen molar-refractivity contribution in [3.8, 4) is 11.8 Å². The second kappa shape index (κ2) is 6.88. The number of pyridine rings is 1. The lowest BCUT2D eigenvalue weighted by molar-refractivity contribution is -0.122. The van der Waals surface area contributed by atoms with E-state index in [-0.39, 0.29) is 11.8 Å². The Hall–Kier alpha value is -1.90. The molecule has 1 amide bonds. The number of ether oxygens (including phenoxy) is 1. The number of anilines is 1. The predicted octanol–water partition coefficient (Wildman–Crippen LogP) is 0.757. The maximum absolute atomic E-state index is 12.0. The van der Waals surface area contributed by atoms with Gasteiger partial charge in [-0.1, -0.05) is 11.8 Å². The smallest absolute Gasteiger partial charge is 0.228 e. The third-order valence-electron chi connectivity index (χ3n) is 2.94. The molecule has 1 saturated heterocycles. The van der Waals surface area contributed by atoms with Crippen molar-refractivity contribution in [1.29, 1.82) is 0 Å². The second-order valence-corrected chi connectivity index (χ2v) is 4.31. The predicted molar refractivity (Wildman–Crippen MR) is 72.3 cm³/mol. The van der Waals surface area contributed by atoms with E-state index in [9.17, 15) is 4.79 Å². The molecular weight excluding hydrogens is 242 g/mol. The van der Waals surface area contributed by atoms with Crippen LogP contribution in [0, 0.1) is 17.8 Å². The van der Waals surface area contributed by atoms with Crippen LogP contribution >= 0.6 is 0 Å². The van der Waals surface area contributed by atoms with Crippen LogP contribution in [0.1, 0.15) is 18.4 Å². The summed E-state index contributed by atoms with van der Waals surface area (Å²) in [5, 5.41) is 2.82. The van der Waals surface area contributed by atoms with Gasteiger partial charge >= 0.3 is 0 Å². The highest BCUT2D eigenvalue weighted by molar-refractivity contribution is 5.91. The van der Waals surface area contributed by atoms with Gasteiger partial charge in [-0.2, -0.15) is 0 Å². The highest BCUT2D eigenvalue weighted by Gasteiger charge is 2.21. The number of aromatic nitrogens is 1. The average Bonchev–Trinajstić information content (AvgIpc) is 2.46. The van der Waals surface area contributed by atoms with Crippen molar-refractivity contribution in [3.63, 3.8) is 0 Å². The van der Waals surface area contributed by atoms with Crippen LogP contribution in [0.5, 0.6) is 0 Å². The molecule has 0 aliphatic carbocycles. The topological polar surface area (TPSA) is 77.2 Å². The van der Waals surface area contributed by atoms with Gasteiger partial charge in [0.15, 0.2) is 0 Å². The monoisotopic (exact) mass is 259 g/mol. The first-order chi connectivity index (χ1) is 9.29. The molecule has 0 unspecified atom stereocenters. The number of amides is 1. The van der Waals surface area contributed by atoms with Crippen molar-refractivity contribution in [2.45, 2.75) is 12.8 Å². The number of nitrogens with two attached hydrogens (primary N) is 1. The Morgan fingerprint density at radius 2 is 2.32 bits per heavy atom. The van der Waals surface area contributed by atoms with E-state index in [0.29, 0.717) is 25.6 Å². The summed E-state index contributed by atoms with van der Waals surface area (Å²) in [6.45, 7) is 1.60. The Labute approximate surface area is 112 Å². The zero-order valence-corrected chi connectivity index (χ0v) is 10.7. The highest BCUT2D eigenvalue weighted by atomic mass is 16.5. The second-order valence-electron chi connectivity index (χ2n) is 4.31. The van der Waals surface area contributed by atoms with E-state index >= 15 is 0 Å². The van der Waals surface area contributed by atoms with E-state index in [1.807, 2.05) is 0 Å². The fourth-order valence-electron chi connectivity index (χ4n) is 1.92. The maximum atomic E-state index is 12.0. The van der Waals surface area contributed by atoms with Crippen LogP contribution in [0.15, 0.2) is 18.3 Å². The third-order valence-corrected chi connectivity index (χ3v) is 2.94. The summed E-state index contributed by atoms with van der Waals surface area (Å²) < 4.78 is 5.24. The van der Waals surface area contributed by atoms with Crippen LogP contribution in [0.2, 0.25) is 0 Å². The van der Waals surface area contributed by atoms with Crippen LogP contribution in [0.4, 0.5) is 5.82 Å².